The highest BCUT2D eigenvalue weighted by Gasteiger charge is 2.18. The Bertz CT molecular complexity index is 617. The van der Waals surface area contributed by atoms with E-state index in [0.717, 1.165) is 0 Å². The van der Waals surface area contributed by atoms with E-state index in [2.05, 4.69) is 49.2 Å². The van der Waals surface area contributed by atoms with Gasteiger partial charge in [-0.15, -0.1) is 0 Å². The summed E-state index contributed by atoms with van der Waals surface area (Å²) in [6.07, 6.45) is 44.7. The Balaban J connectivity index is 2.05. The van der Waals surface area contributed by atoms with Crippen LogP contribution in [-0.4, -0.2) is 4.57 Å². The first-order valence-corrected chi connectivity index (χ1v) is 18.3. The average Bonchev–Trinajstić information content (AvgIpc) is 3.34. The molecule has 0 saturated carbocycles. The van der Waals surface area contributed by atoms with E-state index in [0.29, 0.717) is 6.04 Å². The Morgan fingerprint density at radius 3 is 1.18 bits per heavy atom. The van der Waals surface area contributed by atoms with Crippen molar-refractivity contribution in [3.63, 3.8) is 0 Å². The molecule has 0 unspecified atom stereocenters. The maximum absolute atomic E-state index is 2.58. The second-order valence-corrected chi connectivity index (χ2v) is 13.0. The molecule has 0 saturated heterocycles. The molecule has 0 N–H and O–H groups in total. The van der Waals surface area contributed by atoms with Gasteiger partial charge in [0.2, 0.25) is 0 Å². The molecule has 1 rings (SSSR count). The van der Waals surface area contributed by atoms with Gasteiger partial charge in [0.15, 0.2) is 0 Å². The minimum absolute atomic E-state index is 0.569. The minimum Gasteiger partial charge on any atom is -0.234 e. The van der Waals surface area contributed by atoms with Crippen LogP contribution in [-0.2, 0) is 13.0 Å². The highest BCUT2D eigenvalue weighted by atomic mass is 15.2. The van der Waals surface area contributed by atoms with E-state index in [1.165, 1.54) is 186 Å². The summed E-state index contributed by atoms with van der Waals surface area (Å²) in [5.74, 6) is 1.57. The van der Waals surface area contributed by atoms with Gasteiger partial charge in [0, 0.05) is 6.42 Å². The highest BCUT2D eigenvalue weighted by Crippen LogP contribution is 2.16. The number of hydrogen-bond donors (Lipinski definition) is 0. The lowest BCUT2D eigenvalue weighted by molar-refractivity contribution is -0.704. The predicted octanol–water partition coefficient (Wildman–Crippen LogP) is 12.5. The summed E-state index contributed by atoms with van der Waals surface area (Å²) in [5, 5.41) is 0. The zero-order valence-corrected chi connectivity index (χ0v) is 27.6. The van der Waals surface area contributed by atoms with Gasteiger partial charge in [-0.1, -0.05) is 168 Å². The summed E-state index contributed by atoms with van der Waals surface area (Å²) >= 11 is 0. The maximum atomic E-state index is 2.58. The molecule has 0 aliphatic rings. The van der Waals surface area contributed by atoms with E-state index in [9.17, 15) is 0 Å². The first-order chi connectivity index (χ1) is 19.2. The molecular formula is C37H73N2+. The van der Waals surface area contributed by atoms with E-state index in [1.807, 2.05) is 0 Å². The number of hydrogen-bond acceptors (Lipinski definition) is 0. The molecule has 0 amide bonds. The molecule has 0 aromatic carbocycles. The van der Waals surface area contributed by atoms with Gasteiger partial charge < -0.3 is 0 Å². The van der Waals surface area contributed by atoms with Crippen LogP contribution in [0, 0.1) is 0 Å². The Labute approximate surface area is 247 Å². The largest absolute Gasteiger partial charge is 0.256 e. The predicted molar refractivity (Wildman–Crippen MR) is 175 cm³/mol. The molecule has 0 fully saturated rings. The van der Waals surface area contributed by atoms with Gasteiger partial charge in [-0.2, -0.15) is 0 Å². The minimum atomic E-state index is 0.569. The third-order valence-electron chi connectivity index (χ3n) is 8.85. The van der Waals surface area contributed by atoms with Crippen LogP contribution in [0.1, 0.15) is 213 Å². The van der Waals surface area contributed by atoms with Gasteiger partial charge >= 0.3 is 0 Å². The smallest absolute Gasteiger partial charge is 0.234 e. The molecule has 1 heterocycles. The molecule has 2 nitrogen and oxygen atoms in total. The topological polar surface area (TPSA) is 8.81 Å². The van der Waals surface area contributed by atoms with Crippen LogP contribution in [0.2, 0.25) is 0 Å². The molecule has 1 aromatic rings. The van der Waals surface area contributed by atoms with Crippen LogP contribution in [0.4, 0.5) is 0 Å². The molecule has 2 heteroatoms. The molecule has 0 bridgehead atoms. The number of aryl methyl sites for hydroxylation is 1. The molecule has 0 radical (unpaired) electrons. The van der Waals surface area contributed by atoms with Crippen molar-refractivity contribution in [3.8, 4) is 0 Å². The zero-order valence-electron chi connectivity index (χ0n) is 27.6. The number of imidazole rings is 1. The van der Waals surface area contributed by atoms with Gasteiger partial charge in [-0.25, -0.2) is 9.13 Å². The van der Waals surface area contributed by atoms with Crippen LogP contribution < -0.4 is 4.57 Å². The Morgan fingerprint density at radius 2 is 0.821 bits per heavy atom. The number of rotatable bonds is 30. The monoisotopic (exact) mass is 546 g/mol. The number of nitrogens with zero attached hydrogens (tertiary/aromatic N) is 2. The first-order valence-electron chi connectivity index (χ1n) is 18.3. The molecule has 0 aliphatic carbocycles. The lowest BCUT2D eigenvalue weighted by Crippen LogP contribution is -2.37. The quantitative estimate of drug-likeness (QED) is 0.0671. The zero-order chi connectivity index (χ0) is 28.2. The lowest BCUT2D eigenvalue weighted by Gasteiger charge is -2.08. The van der Waals surface area contributed by atoms with Crippen molar-refractivity contribution < 1.29 is 4.57 Å². The van der Waals surface area contributed by atoms with Crippen LogP contribution in [0.15, 0.2) is 12.4 Å². The molecule has 0 atom stereocenters. The molecule has 0 spiro atoms. The van der Waals surface area contributed by atoms with Gasteiger partial charge in [-0.05, 0) is 33.1 Å². The van der Waals surface area contributed by atoms with Gasteiger partial charge in [-0.3, -0.25) is 0 Å². The van der Waals surface area contributed by atoms with Gasteiger partial charge in [0.05, 0.1) is 12.6 Å². The normalized spacial score (nSPS) is 11.7. The van der Waals surface area contributed by atoms with E-state index in [4.69, 9.17) is 0 Å². The van der Waals surface area contributed by atoms with Crippen molar-refractivity contribution in [1.29, 1.82) is 0 Å². The molecule has 0 aliphatic heterocycles. The Hall–Kier alpha value is -0.790. The Kier molecular flexibility index (Phi) is 25.4. The fraction of sp³-hybridized carbons (Fsp3) is 0.919. The first kappa shape index (κ1) is 36.2. The average molecular weight is 546 g/mol. The Morgan fingerprint density at radius 1 is 0.487 bits per heavy atom. The van der Waals surface area contributed by atoms with E-state index in [1.54, 1.807) is 5.82 Å². The summed E-state index contributed by atoms with van der Waals surface area (Å²) in [5.41, 5.74) is 0. The second-order valence-electron chi connectivity index (χ2n) is 13.0. The standard InChI is InChI=1S/C37H73N2/c1-5-7-9-11-13-15-17-18-19-20-21-22-24-26-28-30-32-37-38(34-35-39(37)36(3)4)33-31-29-27-25-23-16-14-12-10-8-6-2/h34-36H,5-33H2,1-4H3/q+1. The van der Waals surface area contributed by atoms with E-state index < -0.39 is 0 Å². The molecule has 39 heavy (non-hydrogen) atoms. The summed E-state index contributed by atoms with van der Waals surface area (Å²) in [7, 11) is 0. The highest BCUT2D eigenvalue weighted by molar-refractivity contribution is 4.86. The third-order valence-corrected chi connectivity index (χ3v) is 8.85. The third kappa shape index (κ3) is 20.7. The fourth-order valence-electron chi connectivity index (χ4n) is 6.20. The van der Waals surface area contributed by atoms with Crippen molar-refractivity contribution in [2.75, 3.05) is 0 Å². The second kappa shape index (κ2) is 27.4. The lowest BCUT2D eigenvalue weighted by atomic mass is 10.0. The van der Waals surface area contributed by atoms with Crippen molar-refractivity contribution in [2.24, 2.45) is 0 Å². The fourth-order valence-corrected chi connectivity index (χ4v) is 6.20. The van der Waals surface area contributed by atoms with Crippen LogP contribution in [0.25, 0.3) is 0 Å². The van der Waals surface area contributed by atoms with Crippen molar-refractivity contribution >= 4 is 0 Å². The summed E-state index contributed by atoms with van der Waals surface area (Å²) in [6.45, 7) is 10.5. The van der Waals surface area contributed by atoms with Crippen LogP contribution >= 0.6 is 0 Å². The van der Waals surface area contributed by atoms with Crippen molar-refractivity contribution in [3.05, 3.63) is 18.2 Å². The van der Waals surface area contributed by atoms with Crippen LogP contribution in [0.5, 0.6) is 0 Å². The number of aromatic nitrogens is 2. The molecule has 230 valence electrons. The van der Waals surface area contributed by atoms with Gasteiger partial charge in [0.1, 0.15) is 12.4 Å². The van der Waals surface area contributed by atoms with Crippen molar-refractivity contribution in [2.45, 2.75) is 220 Å². The molecule has 1 aromatic heterocycles. The summed E-state index contributed by atoms with van der Waals surface area (Å²) < 4.78 is 5.11. The van der Waals surface area contributed by atoms with E-state index >= 15 is 0 Å². The number of unbranched alkanes of at least 4 members (excludes halogenated alkanes) is 25. The molecular weight excluding hydrogens is 472 g/mol. The maximum Gasteiger partial charge on any atom is 0.256 e. The van der Waals surface area contributed by atoms with Crippen LogP contribution in [0.3, 0.4) is 0 Å². The summed E-state index contributed by atoms with van der Waals surface area (Å²) in [4.78, 5) is 0. The van der Waals surface area contributed by atoms with E-state index in [-0.39, 0.29) is 0 Å². The van der Waals surface area contributed by atoms with Gasteiger partial charge in [0.25, 0.3) is 5.82 Å². The summed E-state index contributed by atoms with van der Waals surface area (Å²) in [6, 6.07) is 0.569. The SMILES string of the molecule is CCCCCCCCCCCCCCCCCCc1n(C(C)C)cc[n+]1CCCCCCCCCCCCC. The van der Waals surface area contributed by atoms with Crippen molar-refractivity contribution in [1.82, 2.24) is 4.57 Å².